The number of rotatable bonds is 5. The molecule has 0 aliphatic heterocycles. The highest BCUT2D eigenvalue weighted by Crippen LogP contribution is 2.20. The molecule has 0 fully saturated rings. The number of benzene rings is 1. The number of oxime groups is 1. The van der Waals surface area contributed by atoms with E-state index >= 15 is 0 Å². The number of nitrogens with zero attached hydrogens (tertiary/aromatic N) is 2. The van der Waals surface area contributed by atoms with E-state index in [9.17, 15) is 17.6 Å². The summed E-state index contributed by atoms with van der Waals surface area (Å²) in [5, 5.41) is 11.2. The number of nitrogens with two attached hydrogens (primary N) is 1. The fraction of sp³-hybridized carbons (Fsp3) is 0.417. The molecule has 1 rings (SSSR count). The van der Waals surface area contributed by atoms with Gasteiger partial charge in [-0.05, 0) is 12.6 Å². The molecule has 1 aromatic rings. The zero-order chi connectivity index (χ0) is 15.3. The summed E-state index contributed by atoms with van der Waals surface area (Å²) in [6, 6.07) is 4.09. The van der Waals surface area contributed by atoms with Crippen LogP contribution in [0.2, 0.25) is 0 Å². The average Bonchev–Trinajstić information content (AvgIpc) is 2.37. The molecule has 0 aliphatic carbocycles. The molecule has 0 unspecified atom stereocenters. The van der Waals surface area contributed by atoms with Crippen molar-refractivity contribution < 1.29 is 22.8 Å². The van der Waals surface area contributed by atoms with Gasteiger partial charge in [0.2, 0.25) is 0 Å². The first-order valence-corrected chi connectivity index (χ1v) is 5.83. The van der Waals surface area contributed by atoms with Crippen molar-refractivity contribution in [2.45, 2.75) is 19.6 Å². The van der Waals surface area contributed by atoms with Crippen LogP contribution in [-0.2, 0) is 6.54 Å². The average molecular weight is 293 g/mol. The maximum absolute atomic E-state index is 14.1. The lowest BCUT2D eigenvalue weighted by molar-refractivity contribution is -0.146. The Hall–Kier alpha value is -1.83. The van der Waals surface area contributed by atoms with Crippen molar-refractivity contribution in [1.82, 2.24) is 4.90 Å². The van der Waals surface area contributed by atoms with E-state index in [4.69, 9.17) is 10.9 Å². The van der Waals surface area contributed by atoms with Crippen LogP contribution in [-0.4, -0.2) is 35.2 Å². The smallest absolute Gasteiger partial charge is 0.401 e. The van der Waals surface area contributed by atoms with E-state index in [1.54, 1.807) is 6.92 Å². The Kier molecular flexibility index (Phi) is 5.32. The van der Waals surface area contributed by atoms with E-state index in [1.165, 1.54) is 18.2 Å². The number of halogens is 4. The van der Waals surface area contributed by atoms with E-state index in [1.807, 2.05) is 0 Å². The molecule has 0 bridgehead atoms. The molecule has 3 N–H and O–H groups in total. The molecule has 0 saturated heterocycles. The maximum Gasteiger partial charge on any atom is 0.401 e. The lowest BCUT2D eigenvalue weighted by Crippen LogP contribution is -2.34. The van der Waals surface area contributed by atoms with E-state index in [0.717, 1.165) is 4.90 Å². The highest BCUT2D eigenvalue weighted by Gasteiger charge is 2.30. The zero-order valence-corrected chi connectivity index (χ0v) is 10.8. The zero-order valence-electron chi connectivity index (χ0n) is 10.8. The minimum atomic E-state index is -4.35. The maximum atomic E-state index is 14.1. The van der Waals surface area contributed by atoms with Crippen LogP contribution in [0.15, 0.2) is 23.4 Å². The summed E-state index contributed by atoms with van der Waals surface area (Å²) in [6.45, 7) is 0.328. The van der Waals surface area contributed by atoms with Gasteiger partial charge in [0.25, 0.3) is 0 Å². The molecule has 112 valence electrons. The van der Waals surface area contributed by atoms with Gasteiger partial charge in [0, 0.05) is 12.1 Å². The largest absolute Gasteiger partial charge is 0.409 e. The topological polar surface area (TPSA) is 61.8 Å². The lowest BCUT2D eigenvalue weighted by Gasteiger charge is -2.22. The molecule has 0 heterocycles. The molecule has 0 radical (unpaired) electrons. The van der Waals surface area contributed by atoms with Crippen LogP contribution in [0.4, 0.5) is 17.6 Å². The summed E-state index contributed by atoms with van der Waals surface area (Å²) in [4.78, 5) is 1.05. The second-order valence-electron chi connectivity index (χ2n) is 4.18. The van der Waals surface area contributed by atoms with E-state index in [0.29, 0.717) is 0 Å². The van der Waals surface area contributed by atoms with Crippen molar-refractivity contribution in [3.05, 3.63) is 35.1 Å². The third-order valence-electron chi connectivity index (χ3n) is 2.71. The third-order valence-corrected chi connectivity index (χ3v) is 2.71. The van der Waals surface area contributed by atoms with Crippen molar-refractivity contribution in [3.63, 3.8) is 0 Å². The summed E-state index contributed by atoms with van der Waals surface area (Å²) in [5.41, 5.74) is 5.21. The first-order chi connectivity index (χ1) is 9.28. The highest BCUT2D eigenvalue weighted by atomic mass is 19.4. The summed E-state index contributed by atoms with van der Waals surface area (Å²) in [5.74, 6) is -1.22. The molecule has 0 saturated carbocycles. The van der Waals surface area contributed by atoms with Crippen molar-refractivity contribution >= 4 is 5.84 Å². The molecule has 0 aliphatic rings. The molecule has 0 aromatic heterocycles. The Balaban J connectivity index is 2.97. The van der Waals surface area contributed by atoms with Crippen molar-refractivity contribution in [1.29, 1.82) is 0 Å². The van der Waals surface area contributed by atoms with Gasteiger partial charge < -0.3 is 10.9 Å². The van der Waals surface area contributed by atoms with Crippen LogP contribution in [0.5, 0.6) is 0 Å². The number of alkyl halides is 3. The predicted molar refractivity (Wildman–Crippen MR) is 65.9 cm³/mol. The number of hydrogen-bond acceptors (Lipinski definition) is 3. The van der Waals surface area contributed by atoms with Crippen LogP contribution in [0, 0.1) is 5.82 Å². The normalized spacial score (nSPS) is 13.0. The van der Waals surface area contributed by atoms with Gasteiger partial charge in [0.15, 0.2) is 5.84 Å². The Morgan fingerprint density at radius 2 is 2.05 bits per heavy atom. The van der Waals surface area contributed by atoms with Gasteiger partial charge in [-0.25, -0.2) is 4.39 Å². The molecule has 8 heteroatoms. The Morgan fingerprint density at radius 1 is 1.40 bits per heavy atom. The van der Waals surface area contributed by atoms with Gasteiger partial charge in [-0.2, -0.15) is 13.2 Å². The van der Waals surface area contributed by atoms with Crippen molar-refractivity contribution in [2.24, 2.45) is 10.9 Å². The molecule has 0 spiro atoms. The number of hydrogen-bond donors (Lipinski definition) is 2. The fourth-order valence-corrected chi connectivity index (χ4v) is 1.73. The minimum absolute atomic E-state index is 0.0557. The van der Waals surface area contributed by atoms with Gasteiger partial charge in [-0.1, -0.05) is 24.2 Å². The van der Waals surface area contributed by atoms with Gasteiger partial charge >= 0.3 is 6.18 Å². The Labute approximate surface area is 113 Å². The van der Waals surface area contributed by atoms with Crippen LogP contribution in [0.25, 0.3) is 0 Å². The van der Waals surface area contributed by atoms with E-state index in [2.05, 4.69) is 5.16 Å². The third kappa shape index (κ3) is 4.37. The second kappa shape index (κ2) is 6.56. The first kappa shape index (κ1) is 16.2. The van der Waals surface area contributed by atoms with Gasteiger partial charge in [-0.3, -0.25) is 4.90 Å². The van der Waals surface area contributed by atoms with Gasteiger partial charge in [0.1, 0.15) is 5.82 Å². The van der Waals surface area contributed by atoms with Crippen molar-refractivity contribution in [2.75, 3.05) is 13.1 Å². The first-order valence-electron chi connectivity index (χ1n) is 5.83. The molecular formula is C12H15F4N3O. The molecule has 4 nitrogen and oxygen atoms in total. The second-order valence-corrected chi connectivity index (χ2v) is 4.18. The van der Waals surface area contributed by atoms with Crippen LogP contribution < -0.4 is 5.73 Å². The van der Waals surface area contributed by atoms with Crippen LogP contribution in [0.3, 0.4) is 0 Å². The summed E-state index contributed by atoms with van der Waals surface area (Å²) >= 11 is 0. The Morgan fingerprint density at radius 3 is 2.55 bits per heavy atom. The molecular weight excluding hydrogens is 278 g/mol. The quantitative estimate of drug-likeness (QED) is 0.288. The molecule has 1 aromatic carbocycles. The van der Waals surface area contributed by atoms with Crippen molar-refractivity contribution in [3.8, 4) is 0 Å². The summed E-state index contributed by atoms with van der Waals surface area (Å²) in [6.07, 6.45) is -4.35. The fourth-order valence-electron chi connectivity index (χ4n) is 1.73. The minimum Gasteiger partial charge on any atom is -0.409 e. The van der Waals surface area contributed by atoms with E-state index < -0.39 is 24.4 Å². The van der Waals surface area contributed by atoms with Crippen LogP contribution in [0.1, 0.15) is 18.1 Å². The molecule has 0 amide bonds. The molecule has 20 heavy (non-hydrogen) atoms. The monoisotopic (exact) mass is 293 g/mol. The standard InChI is InChI=1S/C12H15F4N3O/c1-2-19(7-12(14,15)16)6-8-4-3-5-9(10(8)13)11(17)18-20/h3-5,20H,2,6-7H2,1H3,(H2,17,18). The SMILES string of the molecule is CCN(Cc1cccc(/C(N)=N/O)c1F)CC(F)(F)F. The predicted octanol–water partition coefficient (Wildman–Crippen LogP) is 2.30. The van der Waals surface area contributed by atoms with Gasteiger partial charge in [0.05, 0.1) is 12.1 Å². The Bertz CT molecular complexity index is 488. The van der Waals surface area contributed by atoms with Crippen LogP contribution >= 0.6 is 0 Å². The number of amidine groups is 1. The van der Waals surface area contributed by atoms with Gasteiger partial charge in [-0.15, -0.1) is 0 Å². The summed E-state index contributed by atoms with van der Waals surface area (Å²) < 4.78 is 51.1. The van der Waals surface area contributed by atoms with E-state index in [-0.39, 0.29) is 24.2 Å². The molecule has 0 atom stereocenters. The summed E-state index contributed by atoms with van der Waals surface area (Å²) in [7, 11) is 0. The lowest BCUT2D eigenvalue weighted by atomic mass is 10.1. The highest BCUT2D eigenvalue weighted by molar-refractivity contribution is 5.97.